The summed E-state index contributed by atoms with van der Waals surface area (Å²) in [6.07, 6.45) is 0. The van der Waals surface area contributed by atoms with Crippen LogP contribution >= 0.6 is 23.4 Å². The highest BCUT2D eigenvalue weighted by atomic mass is 35.5. The van der Waals surface area contributed by atoms with Crippen molar-refractivity contribution in [3.8, 4) is 6.07 Å². The molecule has 3 rings (SSSR count). The second kappa shape index (κ2) is 7.18. The predicted molar refractivity (Wildman–Crippen MR) is 101 cm³/mol. The smallest absolute Gasteiger partial charge is 0.207 e. The maximum Gasteiger partial charge on any atom is 0.207 e. The zero-order chi connectivity index (χ0) is 18.0. The molecule has 1 aliphatic rings. The summed E-state index contributed by atoms with van der Waals surface area (Å²) in [5.41, 5.74) is 2.47. The Morgan fingerprint density at radius 2 is 1.72 bits per heavy atom. The van der Waals surface area contributed by atoms with Crippen LogP contribution in [-0.4, -0.2) is 5.78 Å². The number of carbonyl (C=O) groups excluding carboxylic acids is 1. The Balaban J connectivity index is 1.92. The minimum atomic E-state index is -0.375. The summed E-state index contributed by atoms with van der Waals surface area (Å²) in [5.74, 6) is 0.302. The summed E-state index contributed by atoms with van der Waals surface area (Å²) in [4.78, 5) is 13.5. The van der Waals surface area contributed by atoms with E-state index in [1.165, 1.54) is 11.8 Å². The van der Waals surface area contributed by atoms with Gasteiger partial charge in [-0.3, -0.25) is 4.79 Å². The van der Waals surface area contributed by atoms with Gasteiger partial charge in [-0.1, -0.05) is 53.2 Å². The number of ether oxygens (including phenoxy) is 1. The Morgan fingerprint density at radius 1 is 1.08 bits per heavy atom. The normalized spacial score (nSPS) is 15.6. The van der Waals surface area contributed by atoms with Crippen molar-refractivity contribution in [1.29, 1.82) is 5.26 Å². The third-order valence-corrected chi connectivity index (χ3v) is 4.94. The van der Waals surface area contributed by atoms with Crippen LogP contribution in [0, 0.1) is 18.3 Å². The number of allylic oxidation sites excluding steroid dienone is 2. The highest BCUT2D eigenvalue weighted by molar-refractivity contribution is 8.07. The average molecular weight is 368 g/mol. The Hall–Kier alpha value is -2.48. The van der Waals surface area contributed by atoms with Gasteiger partial charge in [0.05, 0.1) is 0 Å². The molecule has 1 aliphatic heterocycles. The van der Waals surface area contributed by atoms with Crippen molar-refractivity contribution < 1.29 is 9.53 Å². The maximum atomic E-state index is 12.6. The fourth-order valence-corrected chi connectivity index (χ4v) is 3.40. The van der Waals surface area contributed by atoms with Gasteiger partial charge in [0, 0.05) is 21.1 Å². The predicted octanol–water partition coefficient (Wildman–Crippen LogP) is 5.72. The van der Waals surface area contributed by atoms with Crippen molar-refractivity contribution in [3.05, 3.63) is 85.8 Å². The first kappa shape index (κ1) is 17.3. The van der Waals surface area contributed by atoms with E-state index in [2.05, 4.69) is 0 Å². The number of carbonyl (C=O) groups is 1. The lowest BCUT2D eigenvalue weighted by atomic mass is 10.1. The van der Waals surface area contributed by atoms with Crippen LogP contribution in [0.3, 0.4) is 0 Å². The number of rotatable bonds is 3. The Morgan fingerprint density at radius 3 is 2.32 bits per heavy atom. The minimum absolute atomic E-state index is 0.00576. The fraction of sp³-hybridized carbons (Fsp3) is 0.100. The number of ketones is 1. The van der Waals surface area contributed by atoms with Crippen molar-refractivity contribution in [2.45, 2.75) is 13.8 Å². The molecule has 0 N–H and O–H groups in total. The summed E-state index contributed by atoms with van der Waals surface area (Å²) < 4.78 is 5.87. The standard InChI is InChI=1S/C20H14ClNO2S/c1-12-3-5-15(6-4-12)19-13(2)25-20(24-19)17(11-22)18(23)14-7-9-16(21)10-8-14/h3-10H,1-2H3/b20-17-. The minimum Gasteiger partial charge on any atom is -0.447 e. The molecule has 0 amide bonds. The molecule has 2 aromatic rings. The topological polar surface area (TPSA) is 50.1 Å². The van der Waals surface area contributed by atoms with Gasteiger partial charge in [-0.15, -0.1) is 0 Å². The first-order valence-corrected chi connectivity index (χ1v) is 8.77. The molecule has 124 valence electrons. The molecule has 0 aliphatic carbocycles. The first-order chi connectivity index (χ1) is 12.0. The number of aryl methyl sites for hydroxylation is 1. The van der Waals surface area contributed by atoms with Crippen molar-refractivity contribution in [2.24, 2.45) is 0 Å². The van der Waals surface area contributed by atoms with Gasteiger partial charge in [-0.05, 0) is 38.1 Å². The average Bonchev–Trinajstić information content (AvgIpc) is 2.98. The van der Waals surface area contributed by atoms with Crippen LogP contribution in [0.1, 0.15) is 28.4 Å². The third kappa shape index (κ3) is 3.63. The van der Waals surface area contributed by atoms with Crippen LogP contribution in [0.5, 0.6) is 0 Å². The van der Waals surface area contributed by atoms with Gasteiger partial charge in [0.2, 0.25) is 5.78 Å². The Labute approximate surface area is 155 Å². The van der Waals surface area contributed by atoms with Crippen LogP contribution in [-0.2, 0) is 4.74 Å². The molecule has 5 heteroatoms. The van der Waals surface area contributed by atoms with Crippen molar-refractivity contribution in [1.82, 2.24) is 0 Å². The molecule has 0 saturated carbocycles. The summed E-state index contributed by atoms with van der Waals surface area (Å²) in [6, 6.07) is 16.3. The van der Waals surface area contributed by atoms with E-state index in [4.69, 9.17) is 16.3 Å². The molecular formula is C20H14ClNO2S. The Bertz CT molecular complexity index is 935. The number of thioether (sulfide) groups is 1. The fourth-order valence-electron chi connectivity index (χ4n) is 2.37. The lowest BCUT2D eigenvalue weighted by Crippen LogP contribution is -2.04. The molecule has 2 aromatic carbocycles. The number of nitrogens with zero attached hydrogens (tertiary/aromatic N) is 1. The molecule has 0 radical (unpaired) electrons. The number of hydrogen-bond donors (Lipinski definition) is 0. The lowest BCUT2D eigenvalue weighted by Gasteiger charge is -2.07. The number of benzene rings is 2. The van der Waals surface area contributed by atoms with E-state index >= 15 is 0 Å². The van der Waals surface area contributed by atoms with Crippen molar-refractivity contribution >= 4 is 34.9 Å². The monoisotopic (exact) mass is 367 g/mol. The zero-order valence-electron chi connectivity index (χ0n) is 13.7. The van der Waals surface area contributed by atoms with E-state index in [0.717, 1.165) is 16.0 Å². The van der Waals surface area contributed by atoms with Gasteiger partial charge in [0.15, 0.2) is 5.09 Å². The molecule has 0 aromatic heterocycles. The third-order valence-electron chi connectivity index (χ3n) is 3.72. The van der Waals surface area contributed by atoms with Crippen LogP contribution < -0.4 is 0 Å². The maximum absolute atomic E-state index is 12.6. The quantitative estimate of drug-likeness (QED) is 0.395. The molecule has 0 atom stereocenters. The van der Waals surface area contributed by atoms with Gasteiger partial charge >= 0.3 is 0 Å². The van der Waals surface area contributed by atoms with E-state index < -0.39 is 0 Å². The Kier molecular flexibility index (Phi) is 4.98. The van der Waals surface area contributed by atoms with Crippen molar-refractivity contribution in [3.63, 3.8) is 0 Å². The SMILES string of the molecule is CC1=C(c2ccc(C)cc2)O/C(=C(\C#N)C(=O)c2ccc(Cl)cc2)S1. The van der Waals surface area contributed by atoms with Gasteiger partial charge < -0.3 is 4.74 Å². The number of halogens is 1. The molecule has 1 heterocycles. The van der Waals surface area contributed by atoms with Gasteiger partial charge in [0.1, 0.15) is 17.4 Å². The van der Waals surface area contributed by atoms with Crippen LogP contribution in [0.2, 0.25) is 5.02 Å². The summed E-state index contributed by atoms with van der Waals surface area (Å²) >= 11 is 7.15. The molecule has 0 saturated heterocycles. The number of hydrogen-bond acceptors (Lipinski definition) is 4. The molecule has 0 bridgehead atoms. The molecule has 3 nitrogen and oxygen atoms in total. The summed E-state index contributed by atoms with van der Waals surface area (Å²) in [6.45, 7) is 3.92. The van der Waals surface area contributed by atoms with Crippen LogP contribution in [0.15, 0.2) is 64.1 Å². The first-order valence-electron chi connectivity index (χ1n) is 7.58. The molecule has 0 fully saturated rings. The number of nitriles is 1. The second-order valence-electron chi connectivity index (χ2n) is 5.57. The van der Waals surface area contributed by atoms with Gasteiger partial charge in [0.25, 0.3) is 0 Å². The van der Waals surface area contributed by atoms with E-state index in [-0.39, 0.29) is 11.4 Å². The lowest BCUT2D eigenvalue weighted by molar-refractivity contribution is 0.103. The van der Waals surface area contributed by atoms with E-state index in [1.54, 1.807) is 24.3 Å². The molecule has 0 unspecified atom stereocenters. The van der Waals surface area contributed by atoms with Gasteiger partial charge in [-0.2, -0.15) is 5.26 Å². The summed E-state index contributed by atoms with van der Waals surface area (Å²) in [7, 11) is 0. The highest BCUT2D eigenvalue weighted by Gasteiger charge is 2.27. The van der Waals surface area contributed by atoms with Crippen LogP contribution in [0.25, 0.3) is 5.76 Å². The zero-order valence-corrected chi connectivity index (χ0v) is 15.2. The van der Waals surface area contributed by atoms with E-state index in [1.807, 2.05) is 44.2 Å². The van der Waals surface area contributed by atoms with E-state index in [0.29, 0.717) is 21.4 Å². The molecular weight excluding hydrogens is 354 g/mol. The molecule has 25 heavy (non-hydrogen) atoms. The second-order valence-corrected chi connectivity index (χ2v) is 7.19. The van der Waals surface area contributed by atoms with Gasteiger partial charge in [-0.25, -0.2) is 0 Å². The van der Waals surface area contributed by atoms with E-state index in [9.17, 15) is 10.1 Å². The largest absolute Gasteiger partial charge is 0.447 e. The summed E-state index contributed by atoms with van der Waals surface area (Å²) in [5, 5.41) is 10.3. The highest BCUT2D eigenvalue weighted by Crippen LogP contribution is 2.44. The number of Topliss-reactive ketones (excluding diaryl/α,β-unsaturated/α-hetero) is 1. The van der Waals surface area contributed by atoms with Crippen LogP contribution in [0.4, 0.5) is 0 Å². The molecule has 0 spiro atoms. The van der Waals surface area contributed by atoms with Crippen molar-refractivity contribution in [2.75, 3.05) is 0 Å².